The van der Waals surface area contributed by atoms with E-state index in [1.165, 1.54) is 16.9 Å². The Morgan fingerprint density at radius 1 is 0.970 bits per heavy atom. The fourth-order valence-corrected chi connectivity index (χ4v) is 10.7. The van der Waals surface area contributed by atoms with E-state index < -0.39 is 36.2 Å². The summed E-state index contributed by atoms with van der Waals surface area (Å²) in [6.07, 6.45) is 7.52. The number of halogens is 3. The molecule has 6 fully saturated rings. The van der Waals surface area contributed by atoms with Crippen molar-refractivity contribution in [3.8, 4) is 11.8 Å². The van der Waals surface area contributed by atoms with Crippen molar-refractivity contribution in [2.45, 2.75) is 101 Å². The van der Waals surface area contributed by atoms with Gasteiger partial charge < -0.3 is 19.7 Å². The lowest BCUT2D eigenvalue weighted by Crippen LogP contribution is -2.49. The van der Waals surface area contributed by atoms with Crippen molar-refractivity contribution >= 4 is 45.8 Å². The molecule has 4 aromatic heterocycles. The fourth-order valence-electron chi connectivity index (χ4n) is 10.7. The van der Waals surface area contributed by atoms with Crippen LogP contribution in [-0.2, 0) is 19.1 Å². The van der Waals surface area contributed by atoms with Crippen molar-refractivity contribution in [2.75, 3.05) is 62.8 Å². The van der Waals surface area contributed by atoms with Crippen LogP contribution >= 0.6 is 0 Å². The summed E-state index contributed by atoms with van der Waals surface area (Å²) in [6, 6.07) is 7.77. The molecular weight excluding hydrogens is 868 g/mol. The van der Waals surface area contributed by atoms with Gasteiger partial charge in [0.1, 0.15) is 24.2 Å². The highest BCUT2D eigenvalue weighted by atomic mass is 19.3. The molecule has 1 aromatic carbocycles. The van der Waals surface area contributed by atoms with Crippen molar-refractivity contribution in [3.05, 3.63) is 65.4 Å². The van der Waals surface area contributed by atoms with Gasteiger partial charge in [-0.15, -0.1) is 0 Å². The number of para-hydroxylation sites is 1. The summed E-state index contributed by atoms with van der Waals surface area (Å²) < 4.78 is 60.6. The number of nitrogens with zero attached hydrogens (tertiary/aromatic N) is 9. The lowest BCUT2D eigenvalue weighted by molar-refractivity contribution is -0.134. The standard InChI is InChI=1S/C48H54F3N11O5/c49-37-24-58(16-14-39(37)67-18-2-4-31-3-1-5-34-42(35-12-13-41(63)55-47(35)64)57-62(44(31)34)33-10-11-33)21-28-6-8-32(9-7-28)61-25-38(43(56-61)45(50)51)53-48(65)36-20-52-60-17-15-40(54-46(36)60)59-22-29(23-59)19-30-26-66-27-30/h1,3,5,15,17,20,25,28-30,32-33,35,37,39,45H,6-14,16,18-19,21-24,26-27H2,(H,53,65)(H,55,63,64)/t28?,32?,35?,37-,39+/m0/s1. The number of aromatic nitrogens is 7. The Balaban J connectivity index is 0.659. The van der Waals surface area contributed by atoms with Gasteiger partial charge in [-0.3, -0.25) is 34.0 Å². The molecule has 2 aliphatic carbocycles. The number of carbonyl (C=O) groups is 3. The molecule has 6 aliphatic rings. The number of alkyl halides is 3. The molecule has 0 spiro atoms. The summed E-state index contributed by atoms with van der Waals surface area (Å²) in [5.74, 6) is 6.94. The molecule has 3 amide bonds. The molecular formula is C48H54F3N11O5. The SMILES string of the molecule is O=C1CCC(c2nn(C3CC3)c3c(C#CCO[C@@H]4CCN(CC5CCC(n6cc(NC(=O)c7cnn8ccc(N9CC(CC%10COC%10)C9)nc78)c(C(F)F)n6)CC5)C[C@@H]4F)cccc23)C(=O)N1. The number of carbonyl (C=O) groups excluding carboxylic acids is 3. The Morgan fingerprint density at radius 3 is 2.54 bits per heavy atom. The average Bonchev–Trinajstić information content (AvgIpc) is 3.71. The summed E-state index contributed by atoms with van der Waals surface area (Å²) >= 11 is 0. The number of rotatable bonds is 13. The molecule has 0 bridgehead atoms. The van der Waals surface area contributed by atoms with Crippen LogP contribution in [0.3, 0.4) is 0 Å². The fraction of sp³-hybridized carbons (Fsp3) is 0.562. The Bertz CT molecular complexity index is 2740. The average molecular weight is 922 g/mol. The highest BCUT2D eigenvalue weighted by Crippen LogP contribution is 2.41. The lowest BCUT2D eigenvalue weighted by Gasteiger charge is -2.43. The number of fused-ring (bicyclic) bond motifs is 2. The molecule has 2 saturated carbocycles. The zero-order valence-corrected chi connectivity index (χ0v) is 37.2. The Hall–Kier alpha value is -5.84. The first kappa shape index (κ1) is 43.7. The third-order valence-electron chi connectivity index (χ3n) is 14.6. The monoisotopic (exact) mass is 921 g/mol. The molecule has 11 rings (SSSR count). The number of imide groups is 1. The first-order valence-electron chi connectivity index (χ1n) is 23.8. The molecule has 19 heteroatoms. The van der Waals surface area contributed by atoms with Crippen LogP contribution in [0.25, 0.3) is 16.6 Å². The highest BCUT2D eigenvalue weighted by molar-refractivity contribution is 6.08. The molecule has 8 heterocycles. The van der Waals surface area contributed by atoms with Gasteiger partial charge in [0.05, 0.1) is 66.0 Å². The maximum absolute atomic E-state index is 15.6. The van der Waals surface area contributed by atoms with E-state index in [0.717, 1.165) is 100 Å². The quantitative estimate of drug-likeness (QED) is 0.105. The zero-order valence-electron chi connectivity index (χ0n) is 37.2. The van der Waals surface area contributed by atoms with Crippen molar-refractivity contribution in [2.24, 2.45) is 17.8 Å². The van der Waals surface area contributed by atoms with Crippen LogP contribution in [0.1, 0.15) is 116 Å². The smallest absolute Gasteiger partial charge is 0.284 e. The largest absolute Gasteiger partial charge is 0.381 e. The van der Waals surface area contributed by atoms with E-state index in [1.54, 1.807) is 10.9 Å². The second-order valence-electron chi connectivity index (χ2n) is 19.3. The van der Waals surface area contributed by atoms with Crippen LogP contribution in [-0.4, -0.2) is 122 Å². The van der Waals surface area contributed by atoms with Crippen LogP contribution in [0.5, 0.6) is 0 Å². The first-order valence-corrected chi connectivity index (χ1v) is 23.8. The molecule has 352 valence electrons. The summed E-state index contributed by atoms with van der Waals surface area (Å²) in [4.78, 5) is 47.2. The van der Waals surface area contributed by atoms with Crippen LogP contribution < -0.4 is 15.5 Å². The number of benzene rings is 1. The van der Waals surface area contributed by atoms with Gasteiger partial charge in [0.15, 0.2) is 11.3 Å². The minimum Gasteiger partial charge on any atom is -0.381 e. The van der Waals surface area contributed by atoms with Crippen LogP contribution in [0.15, 0.2) is 42.9 Å². The molecule has 5 aromatic rings. The molecule has 4 aliphatic heterocycles. The van der Waals surface area contributed by atoms with E-state index >= 15 is 4.39 Å². The maximum atomic E-state index is 15.6. The van der Waals surface area contributed by atoms with Crippen molar-refractivity contribution in [3.63, 3.8) is 0 Å². The highest BCUT2D eigenvalue weighted by Gasteiger charge is 2.37. The third kappa shape index (κ3) is 9.03. The zero-order chi connectivity index (χ0) is 45.8. The number of amides is 3. The van der Waals surface area contributed by atoms with Gasteiger partial charge in [0, 0.05) is 62.8 Å². The molecule has 0 radical (unpaired) electrons. The van der Waals surface area contributed by atoms with Gasteiger partial charge in [-0.25, -0.2) is 22.7 Å². The molecule has 67 heavy (non-hydrogen) atoms. The summed E-state index contributed by atoms with van der Waals surface area (Å²) in [7, 11) is 0. The third-order valence-corrected chi connectivity index (χ3v) is 14.6. The number of hydrogen-bond donors (Lipinski definition) is 2. The minimum atomic E-state index is -2.89. The van der Waals surface area contributed by atoms with Gasteiger partial charge in [0.2, 0.25) is 11.8 Å². The van der Waals surface area contributed by atoms with Crippen LogP contribution in [0, 0.1) is 29.6 Å². The van der Waals surface area contributed by atoms with E-state index in [4.69, 9.17) is 19.6 Å². The van der Waals surface area contributed by atoms with Crippen molar-refractivity contribution in [1.29, 1.82) is 0 Å². The Labute approximate surface area is 384 Å². The maximum Gasteiger partial charge on any atom is 0.284 e. The number of ether oxygens (including phenoxy) is 2. The molecule has 4 saturated heterocycles. The number of piperidine rings is 2. The second kappa shape index (κ2) is 18.3. The predicted molar refractivity (Wildman–Crippen MR) is 239 cm³/mol. The number of likely N-dealkylation sites (tertiary alicyclic amines) is 1. The number of anilines is 2. The van der Waals surface area contributed by atoms with E-state index in [-0.39, 0.29) is 54.7 Å². The first-order chi connectivity index (χ1) is 32.6. The predicted octanol–water partition coefficient (Wildman–Crippen LogP) is 6.01. The number of nitrogens with one attached hydrogen (secondary N) is 2. The molecule has 2 N–H and O–H groups in total. The van der Waals surface area contributed by atoms with Crippen molar-refractivity contribution in [1.82, 2.24) is 44.4 Å². The van der Waals surface area contributed by atoms with Gasteiger partial charge in [0.25, 0.3) is 12.3 Å². The van der Waals surface area contributed by atoms with Crippen LogP contribution in [0.2, 0.25) is 0 Å². The van der Waals surface area contributed by atoms with E-state index in [9.17, 15) is 23.2 Å². The minimum absolute atomic E-state index is 0.0349. The Kier molecular flexibility index (Phi) is 12.0. The molecule has 16 nitrogen and oxygen atoms in total. The molecule has 1 unspecified atom stereocenters. The topological polar surface area (TPSA) is 166 Å². The molecule has 3 atom stereocenters. The van der Waals surface area contributed by atoms with Crippen LogP contribution in [0.4, 0.5) is 24.7 Å². The van der Waals surface area contributed by atoms with Crippen molar-refractivity contribution < 1.29 is 37.0 Å². The summed E-state index contributed by atoms with van der Waals surface area (Å²) in [5.41, 5.74) is 2.34. The van der Waals surface area contributed by atoms with Gasteiger partial charge in [-0.1, -0.05) is 24.0 Å². The van der Waals surface area contributed by atoms with Gasteiger partial charge in [-0.2, -0.15) is 15.3 Å². The van der Waals surface area contributed by atoms with E-state index in [0.29, 0.717) is 48.5 Å². The van der Waals surface area contributed by atoms with E-state index in [2.05, 4.69) is 42.5 Å². The number of hydrogen-bond acceptors (Lipinski definition) is 11. The summed E-state index contributed by atoms with van der Waals surface area (Å²) in [6.45, 7) is 5.20. The second-order valence-corrected chi connectivity index (χ2v) is 19.3. The van der Waals surface area contributed by atoms with Gasteiger partial charge in [-0.05, 0) is 81.8 Å². The summed E-state index contributed by atoms with van der Waals surface area (Å²) in [5, 5.41) is 19.4. The van der Waals surface area contributed by atoms with E-state index in [1.807, 2.05) is 28.9 Å². The Morgan fingerprint density at radius 2 is 1.79 bits per heavy atom. The normalized spacial score (nSPS) is 25.3. The van der Waals surface area contributed by atoms with Gasteiger partial charge >= 0.3 is 0 Å². The lowest BCUT2D eigenvalue weighted by atomic mass is 9.85.